The van der Waals surface area contributed by atoms with Crippen LogP contribution >= 0.6 is 24.2 Å². The fourth-order valence-electron chi connectivity index (χ4n) is 0.887. The second kappa shape index (κ2) is 6.35. The molecule has 0 fully saturated rings. The summed E-state index contributed by atoms with van der Waals surface area (Å²) in [5.41, 5.74) is 6.74. The highest BCUT2D eigenvalue weighted by Crippen LogP contribution is 2.20. The summed E-state index contributed by atoms with van der Waals surface area (Å²) in [4.78, 5) is 1.35. The Hall–Kier alpha value is -0.180. The summed E-state index contributed by atoms with van der Waals surface area (Å²) in [5.74, 6) is 1.00. The molecule has 0 aliphatic carbocycles. The van der Waals surface area contributed by atoms with Crippen LogP contribution in [0.15, 0.2) is 29.2 Å². The molecule has 0 spiro atoms. The Labute approximate surface area is 84.1 Å². The highest BCUT2D eigenvalue weighted by atomic mass is 35.5. The van der Waals surface area contributed by atoms with Gasteiger partial charge in [-0.3, -0.25) is 0 Å². The van der Waals surface area contributed by atoms with E-state index in [4.69, 9.17) is 5.73 Å². The number of hydrogen-bond acceptors (Lipinski definition) is 2. The average Bonchev–Trinajstić information content (AvgIpc) is 2.03. The molecule has 1 aromatic carbocycles. The molecule has 1 aromatic rings. The van der Waals surface area contributed by atoms with Crippen molar-refractivity contribution in [1.82, 2.24) is 0 Å². The summed E-state index contributed by atoms with van der Waals surface area (Å²) >= 11 is 1.82. The average molecular weight is 204 g/mol. The fraction of sp³-hybridized carbons (Fsp3) is 0.333. The molecule has 0 atom stereocenters. The maximum atomic E-state index is 5.41. The lowest BCUT2D eigenvalue weighted by Gasteiger charge is -2.02. The normalized spacial score (nSPS) is 9.17. The summed E-state index contributed by atoms with van der Waals surface area (Å²) in [6.07, 6.45) is 0. The van der Waals surface area contributed by atoms with Gasteiger partial charge >= 0.3 is 0 Å². The molecule has 0 bridgehead atoms. The van der Waals surface area contributed by atoms with Gasteiger partial charge in [0.15, 0.2) is 0 Å². The van der Waals surface area contributed by atoms with Crippen LogP contribution in [0.2, 0.25) is 0 Å². The van der Waals surface area contributed by atoms with Crippen molar-refractivity contribution in [3.8, 4) is 0 Å². The molecule has 0 aromatic heterocycles. The number of hydrogen-bond donors (Lipinski definition) is 1. The first-order valence-electron chi connectivity index (χ1n) is 3.73. The van der Waals surface area contributed by atoms with Crippen molar-refractivity contribution in [2.24, 2.45) is 5.73 Å². The lowest BCUT2D eigenvalue weighted by atomic mass is 10.2. The summed E-state index contributed by atoms with van der Waals surface area (Å²) < 4.78 is 0. The van der Waals surface area contributed by atoms with Crippen molar-refractivity contribution in [1.29, 1.82) is 0 Å². The van der Waals surface area contributed by atoms with Crippen LogP contribution in [0.3, 0.4) is 0 Å². The second-order valence-electron chi connectivity index (χ2n) is 2.40. The number of halogens is 1. The number of aryl methyl sites for hydroxylation is 1. The highest BCUT2D eigenvalue weighted by molar-refractivity contribution is 7.99. The zero-order valence-electron chi connectivity index (χ0n) is 7.12. The molecule has 0 radical (unpaired) electrons. The van der Waals surface area contributed by atoms with Crippen LogP contribution in [0, 0.1) is 6.92 Å². The van der Waals surface area contributed by atoms with E-state index in [0.717, 1.165) is 12.3 Å². The van der Waals surface area contributed by atoms with Gasteiger partial charge in [-0.1, -0.05) is 18.2 Å². The van der Waals surface area contributed by atoms with E-state index in [0.29, 0.717) is 0 Å². The first-order chi connectivity index (χ1) is 5.34. The summed E-state index contributed by atoms with van der Waals surface area (Å²) in [7, 11) is 0. The van der Waals surface area contributed by atoms with Gasteiger partial charge in [-0.2, -0.15) is 0 Å². The maximum absolute atomic E-state index is 5.41. The van der Waals surface area contributed by atoms with Gasteiger partial charge in [0.2, 0.25) is 0 Å². The van der Waals surface area contributed by atoms with Crippen LogP contribution in [0.4, 0.5) is 0 Å². The smallest absolute Gasteiger partial charge is 0.0103 e. The van der Waals surface area contributed by atoms with E-state index in [1.54, 1.807) is 0 Å². The third kappa shape index (κ3) is 3.48. The number of nitrogens with two attached hydrogens (primary N) is 1. The van der Waals surface area contributed by atoms with Crippen molar-refractivity contribution in [2.45, 2.75) is 11.8 Å². The maximum Gasteiger partial charge on any atom is 0.0103 e. The van der Waals surface area contributed by atoms with Gasteiger partial charge in [0.25, 0.3) is 0 Å². The zero-order chi connectivity index (χ0) is 8.10. The molecule has 2 N–H and O–H groups in total. The van der Waals surface area contributed by atoms with Crippen LogP contribution < -0.4 is 5.73 Å². The minimum atomic E-state index is 0. The standard InChI is InChI=1S/C9H13NS.ClH/c1-8-4-2-3-5-9(8)11-7-6-10;/h2-5H,6-7,10H2,1H3;1H. The van der Waals surface area contributed by atoms with Crippen molar-refractivity contribution in [2.75, 3.05) is 12.3 Å². The minimum Gasteiger partial charge on any atom is -0.330 e. The molecule has 68 valence electrons. The Morgan fingerprint density at radius 1 is 1.33 bits per heavy atom. The summed E-state index contributed by atoms with van der Waals surface area (Å²) in [5, 5.41) is 0. The minimum absolute atomic E-state index is 0. The Bertz CT molecular complexity index is 228. The van der Waals surface area contributed by atoms with Gasteiger partial charge in [-0.15, -0.1) is 24.2 Å². The number of rotatable bonds is 3. The van der Waals surface area contributed by atoms with E-state index < -0.39 is 0 Å². The Morgan fingerprint density at radius 2 is 2.00 bits per heavy atom. The van der Waals surface area contributed by atoms with E-state index in [1.165, 1.54) is 10.5 Å². The topological polar surface area (TPSA) is 26.0 Å². The molecular weight excluding hydrogens is 190 g/mol. The monoisotopic (exact) mass is 203 g/mol. The molecule has 0 saturated heterocycles. The molecular formula is C9H14ClNS. The van der Waals surface area contributed by atoms with Gasteiger partial charge in [0.05, 0.1) is 0 Å². The Balaban J connectivity index is 0.00000121. The third-order valence-corrected chi connectivity index (χ3v) is 2.68. The molecule has 12 heavy (non-hydrogen) atoms. The van der Waals surface area contributed by atoms with Gasteiger partial charge < -0.3 is 5.73 Å². The third-order valence-electron chi connectivity index (χ3n) is 1.47. The second-order valence-corrected chi connectivity index (χ2v) is 3.54. The molecule has 0 aliphatic heterocycles. The zero-order valence-corrected chi connectivity index (χ0v) is 8.75. The van der Waals surface area contributed by atoms with Crippen LogP contribution in [0.25, 0.3) is 0 Å². The molecule has 3 heteroatoms. The molecule has 1 nitrogen and oxygen atoms in total. The molecule has 0 aliphatic rings. The van der Waals surface area contributed by atoms with Crippen LogP contribution in [0.5, 0.6) is 0 Å². The van der Waals surface area contributed by atoms with Gasteiger partial charge in [0, 0.05) is 17.2 Å². The number of thioether (sulfide) groups is 1. The molecule has 0 unspecified atom stereocenters. The highest BCUT2D eigenvalue weighted by Gasteiger charge is 1.94. The predicted octanol–water partition coefficient (Wildman–Crippen LogP) is 2.47. The van der Waals surface area contributed by atoms with E-state index in [1.807, 2.05) is 11.8 Å². The van der Waals surface area contributed by atoms with Crippen LogP contribution in [0.1, 0.15) is 5.56 Å². The van der Waals surface area contributed by atoms with Crippen molar-refractivity contribution >= 4 is 24.2 Å². The molecule has 0 amide bonds. The summed E-state index contributed by atoms with van der Waals surface area (Å²) in [6, 6.07) is 8.38. The van der Waals surface area contributed by atoms with E-state index in [2.05, 4.69) is 31.2 Å². The SMILES string of the molecule is Cc1ccccc1SCCN.Cl. The fourth-order valence-corrected chi connectivity index (χ4v) is 1.70. The molecule has 0 heterocycles. The van der Waals surface area contributed by atoms with Crippen molar-refractivity contribution in [3.63, 3.8) is 0 Å². The predicted molar refractivity (Wildman–Crippen MR) is 58.2 cm³/mol. The molecule has 1 rings (SSSR count). The largest absolute Gasteiger partial charge is 0.330 e. The lowest BCUT2D eigenvalue weighted by molar-refractivity contribution is 1.14. The first-order valence-corrected chi connectivity index (χ1v) is 4.71. The van der Waals surface area contributed by atoms with E-state index >= 15 is 0 Å². The Kier molecular flexibility index (Phi) is 6.25. The van der Waals surface area contributed by atoms with Crippen LogP contribution in [-0.4, -0.2) is 12.3 Å². The first kappa shape index (κ1) is 11.8. The van der Waals surface area contributed by atoms with Crippen molar-refractivity contribution in [3.05, 3.63) is 29.8 Å². The van der Waals surface area contributed by atoms with Gasteiger partial charge in [-0.25, -0.2) is 0 Å². The van der Waals surface area contributed by atoms with Crippen LogP contribution in [-0.2, 0) is 0 Å². The molecule has 0 saturated carbocycles. The van der Waals surface area contributed by atoms with Gasteiger partial charge in [-0.05, 0) is 18.6 Å². The summed E-state index contributed by atoms with van der Waals surface area (Å²) in [6.45, 7) is 2.87. The quantitative estimate of drug-likeness (QED) is 0.764. The Morgan fingerprint density at radius 3 is 2.58 bits per heavy atom. The number of benzene rings is 1. The van der Waals surface area contributed by atoms with E-state index in [-0.39, 0.29) is 12.4 Å². The van der Waals surface area contributed by atoms with Crippen molar-refractivity contribution < 1.29 is 0 Å². The van der Waals surface area contributed by atoms with E-state index in [9.17, 15) is 0 Å². The lowest BCUT2D eigenvalue weighted by Crippen LogP contribution is -2.01. The van der Waals surface area contributed by atoms with Gasteiger partial charge in [0.1, 0.15) is 0 Å².